The standard InChI is InChI=1S/C15H15N3O3S/c1-18-11-8-10(2-3-12(11)21-6-4-14(18)20)9-13(19)17-15-16-5-7-22-15/h2-3,5,7-8H,4,6,9H2,1H3,(H,16,17,19). The number of carbonyl (C=O) groups is 2. The van der Waals surface area contributed by atoms with E-state index in [4.69, 9.17) is 4.74 Å². The summed E-state index contributed by atoms with van der Waals surface area (Å²) in [4.78, 5) is 29.5. The smallest absolute Gasteiger partial charge is 0.230 e. The summed E-state index contributed by atoms with van der Waals surface area (Å²) in [6, 6.07) is 5.46. The Morgan fingerprint density at radius 3 is 3.14 bits per heavy atom. The average Bonchev–Trinajstić information content (AvgIpc) is 2.95. The third-order valence-corrected chi connectivity index (χ3v) is 4.06. The monoisotopic (exact) mass is 317 g/mol. The van der Waals surface area contributed by atoms with E-state index < -0.39 is 0 Å². The molecule has 2 aromatic rings. The minimum absolute atomic E-state index is 0.00290. The molecule has 2 amide bonds. The maximum absolute atomic E-state index is 12.0. The first kappa shape index (κ1) is 14.5. The highest BCUT2D eigenvalue weighted by molar-refractivity contribution is 7.13. The summed E-state index contributed by atoms with van der Waals surface area (Å²) in [6.45, 7) is 0.375. The molecule has 0 unspecified atom stereocenters. The summed E-state index contributed by atoms with van der Waals surface area (Å²) in [5.74, 6) is 0.527. The van der Waals surface area contributed by atoms with Crippen LogP contribution in [0.1, 0.15) is 12.0 Å². The van der Waals surface area contributed by atoms with Crippen LogP contribution in [0.15, 0.2) is 29.8 Å². The highest BCUT2D eigenvalue weighted by atomic mass is 32.1. The molecule has 2 heterocycles. The Morgan fingerprint density at radius 1 is 1.50 bits per heavy atom. The van der Waals surface area contributed by atoms with Gasteiger partial charge in [-0.15, -0.1) is 11.3 Å². The van der Waals surface area contributed by atoms with Gasteiger partial charge in [0.1, 0.15) is 5.75 Å². The number of hydrogen-bond donors (Lipinski definition) is 1. The van der Waals surface area contributed by atoms with Crippen LogP contribution in [0.5, 0.6) is 5.75 Å². The first-order chi connectivity index (χ1) is 10.6. The number of nitrogens with zero attached hydrogens (tertiary/aromatic N) is 2. The Morgan fingerprint density at radius 2 is 2.36 bits per heavy atom. The lowest BCUT2D eigenvalue weighted by molar-refractivity contribution is -0.118. The van der Waals surface area contributed by atoms with Crippen LogP contribution in [-0.4, -0.2) is 30.5 Å². The number of fused-ring (bicyclic) bond motifs is 1. The first-order valence-corrected chi connectivity index (χ1v) is 7.73. The number of ether oxygens (including phenoxy) is 1. The quantitative estimate of drug-likeness (QED) is 0.940. The van der Waals surface area contributed by atoms with E-state index in [0.717, 1.165) is 5.56 Å². The van der Waals surface area contributed by atoms with Crippen molar-refractivity contribution in [2.75, 3.05) is 23.9 Å². The molecule has 0 saturated carbocycles. The molecule has 0 radical (unpaired) electrons. The zero-order valence-electron chi connectivity index (χ0n) is 12.0. The van der Waals surface area contributed by atoms with Crippen LogP contribution >= 0.6 is 11.3 Å². The molecule has 114 valence electrons. The molecule has 0 spiro atoms. The minimum atomic E-state index is -0.140. The fourth-order valence-electron chi connectivity index (χ4n) is 2.24. The molecule has 3 rings (SSSR count). The van der Waals surface area contributed by atoms with E-state index in [-0.39, 0.29) is 18.2 Å². The van der Waals surface area contributed by atoms with Gasteiger partial charge in [-0.3, -0.25) is 9.59 Å². The largest absolute Gasteiger partial charge is 0.491 e. The van der Waals surface area contributed by atoms with E-state index in [9.17, 15) is 9.59 Å². The molecular weight excluding hydrogens is 302 g/mol. The van der Waals surface area contributed by atoms with Crippen molar-refractivity contribution < 1.29 is 14.3 Å². The topological polar surface area (TPSA) is 71.5 Å². The van der Waals surface area contributed by atoms with Crippen LogP contribution in [-0.2, 0) is 16.0 Å². The summed E-state index contributed by atoms with van der Waals surface area (Å²) >= 11 is 1.37. The van der Waals surface area contributed by atoms with Crippen LogP contribution < -0.4 is 15.0 Å². The number of rotatable bonds is 3. The zero-order valence-corrected chi connectivity index (χ0v) is 12.9. The number of anilines is 2. The van der Waals surface area contributed by atoms with Crippen molar-refractivity contribution in [1.82, 2.24) is 4.98 Å². The number of amides is 2. The highest BCUT2D eigenvalue weighted by Crippen LogP contribution is 2.31. The van der Waals surface area contributed by atoms with Gasteiger partial charge in [-0.1, -0.05) is 6.07 Å². The van der Waals surface area contributed by atoms with E-state index >= 15 is 0 Å². The first-order valence-electron chi connectivity index (χ1n) is 6.85. The van der Waals surface area contributed by atoms with Crippen molar-refractivity contribution in [1.29, 1.82) is 0 Å². The predicted octanol–water partition coefficient (Wildman–Crippen LogP) is 2.07. The maximum Gasteiger partial charge on any atom is 0.230 e. The number of carbonyl (C=O) groups excluding carboxylic acids is 2. The van der Waals surface area contributed by atoms with E-state index in [1.807, 2.05) is 12.1 Å². The van der Waals surface area contributed by atoms with Crippen molar-refractivity contribution in [2.45, 2.75) is 12.8 Å². The summed E-state index contributed by atoms with van der Waals surface area (Å²) in [5, 5.41) is 5.12. The van der Waals surface area contributed by atoms with Gasteiger partial charge in [-0.25, -0.2) is 4.98 Å². The molecule has 1 N–H and O–H groups in total. The molecule has 6 nitrogen and oxygen atoms in total. The van der Waals surface area contributed by atoms with Crippen molar-refractivity contribution >= 4 is 34.0 Å². The van der Waals surface area contributed by atoms with Gasteiger partial charge in [-0.2, -0.15) is 0 Å². The molecule has 22 heavy (non-hydrogen) atoms. The molecule has 7 heteroatoms. The molecule has 1 aliphatic rings. The normalized spacial score (nSPS) is 14.0. The number of aromatic nitrogens is 1. The molecule has 0 bridgehead atoms. The molecule has 0 saturated heterocycles. The van der Waals surface area contributed by atoms with Crippen LogP contribution in [0.4, 0.5) is 10.8 Å². The van der Waals surface area contributed by atoms with E-state index in [1.165, 1.54) is 11.3 Å². The Labute approximate surface area is 131 Å². The fourth-order valence-corrected chi connectivity index (χ4v) is 2.79. The third kappa shape index (κ3) is 3.09. The van der Waals surface area contributed by atoms with Crippen molar-refractivity contribution in [3.05, 3.63) is 35.3 Å². The Hall–Kier alpha value is -2.41. The molecule has 1 aromatic heterocycles. The van der Waals surface area contributed by atoms with Gasteiger partial charge in [0.25, 0.3) is 0 Å². The third-order valence-electron chi connectivity index (χ3n) is 3.38. The fraction of sp³-hybridized carbons (Fsp3) is 0.267. The summed E-state index contributed by atoms with van der Waals surface area (Å²) in [5.41, 5.74) is 1.51. The van der Waals surface area contributed by atoms with Crippen molar-refractivity contribution in [2.24, 2.45) is 0 Å². The molecule has 0 fully saturated rings. The van der Waals surface area contributed by atoms with Crippen LogP contribution in [0, 0.1) is 0 Å². The molecule has 1 aliphatic heterocycles. The Balaban J connectivity index is 1.76. The van der Waals surface area contributed by atoms with Crippen LogP contribution in [0.25, 0.3) is 0 Å². The molecule has 1 aromatic carbocycles. The zero-order chi connectivity index (χ0) is 15.5. The Bertz CT molecular complexity index is 700. The van der Waals surface area contributed by atoms with Gasteiger partial charge in [0.2, 0.25) is 11.8 Å². The summed E-state index contributed by atoms with van der Waals surface area (Å²) < 4.78 is 5.56. The lowest BCUT2D eigenvalue weighted by atomic mass is 10.1. The predicted molar refractivity (Wildman–Crippen MR) is 84.4 cm³/mol. The average molecular weight is 317 g/mol. The SMILES string of the molecule is CN1C(=O)CCOc2ccc(CC(=O)Nc3nccs3)cc21. The lowest BCUT2D eigenvalue weighted by Crippen LogP contribution is -2.25. The van der Waals surface area contributed by atoms with Crippen molar-refractivity contribution in [3.63, 3.8) is 0 Å². The van der Waals surface area contributed by atoms with Crippen LogP contribution in [0.3, 0.4) is 0 Å². The van der Waals surface area contributed by atoms with E-state index in [0.29, 0.717) is 29.6 Å². The second-order valence-corrected chi connectivity index (χ2v) is 5.81. The summed E-state index contributed by atoms with van der Waals surface area (Å²) in [6.07, 6.45) is 2.21. The van der Waals surface area contributed by atoms with Crippen LogP contribution in [0.2, 0.25) is 0 Å². The van der Waals surface area contributed by atoms with Gasteiger partial charge < -0.3 is 15.0 Å². The molecular formula is C15H15N3O3S. The number of nitrogens with one attached hydrogen (secondary N) is 1. The van der Waals surface area contributed by atoms with Gasteiger partial charge in [0.15, 0.2) is 5.13 Å². The van der Waals surface area contributed by atoms with E-state index in [2.05, 4.69) is 10.3 Å². The highest BCUT2D eigenvalue weighted by Gasteiger charge is 2.20. The minimum Gasteiger partial charge on any atom is -0.491 e. The maximum atomic E-state index is 12.0. The van der Waals surface area contributed by atoms with Gasteiger partial charge in [-0.05, 0) is 17.7 Å². The Kier molecular flexibility index (Phi) is 4.06. The number of hydrogen-bond acceptors (Lipinski definition) is 5. The number of thiazole rings is 1. The van der Waals surface area contributed by atoms with Gasteiger partial charge in [0.05, 0.1) is 25.1 Å². The van der Waals surface area contributed by atoms with Crippen molar-refractivity contribution in [3.8, 4) is 5.75 Å². The van der Waals surface area contributed by atoms with Gasteiger partial charge in [0, 0.05) is 18.6 Å². The number of benzene rings is 1. The lowest BCUT2D eigenvalue weighted by Gasteiger charge is -2.17. The summed E-state index contributed by atoms with van der Waals surface area (Å²) in [7, 11) is 1.72. The van der Waals surface area contributed by atoms with Gasteiger partial charge >= 0.3 is 0 Å². The molecule has 0 aliphatic carbocycles. The van der Waals surface area contributed by atoms with E-state index in [1.54, 1.807) is 29.6 Å². The second kappa shape index (κ2) is 6.15. The molecule has 0 atom stereocenters. The second-order valence-electron chi connectivity index (χ2n) is 4.92.